The summed E-state index contributed by atoms with van der Waals surface area (Å²) in [6, 6.07) is 14.4. The van der Waals surface area contributed by atoms with Crippen molar-refractivity contribution in [3.63, 3.8) is 0 Å². The van der Waals surface area contributed by atoms with Gasteiger partial charge in [0.25, 0.3) is 5.91 Å². The van der Waals surface area contributed by atoms with Crippen molar-refractivity contribution in [1.82, 2.24) is 0 Å². The Morgan fingerprint density at radius 3 is 2.60 bits per heavy atom. The number of anilines is 1. The maximum absolute atomic E-state index is 12.8. The highest BCUT2D eigenvalue weighted by atomic mass is 16.2. The highest BCUT2D eigenvalue weighted by molar-refractivity contribution is 6.07. The lowest BCUT2D eigenvalue weighted by atomic mass is 10.1. The normalized spacial score (nSPS) is 17.1. The molecule has 1 aliphatic rings. The Kier molecular flexibility index (Phi) is 3.09. The molecule has 1 aliphatic heterocycles. The first-order valence-corrected chi connectivity index (χ1v) is 7.06. The Morgan fingerprint density at radius 1 is 1.10 bits per heavy atom. The molecule has 0 fully saturated rings. The molecule has 1 atom stereocenters. The number of amides is 1. The molecule has 0 N–H and O–H groups in total. The van der Waals surface area contributed by atoms with E-state index in [4.69, 9.17) is 0 Å². The number of aryl methyl sites for hydroxylation is 2. The van der Waals surface area contributed by atoms with Crippen molar-refractivity contribution >= 4 is 11.6 Å². The van der Waals surface area contributed by atoms with Crippen molar-refractivity contribution in [2.24, 2.45) is 0 Å². The zero-order chi connectivity index (χ0) is 14.3. The second-order valence-corrected chi connectivity index (χ2v) is 5.66. The standard InChI is InChI=1S/C18H19NO/c1-12-8-9-16(10-13(12)2)18(20)19-14(3)11-15-6-4-5-7-17(15)19/h4-10,14H,11H2,1-3H3/t14-/m0/s1. The molecule has 0 spiro atoms. The number of hydrogen-bond acceptors (Lipinski definition) is 1. The van der Waals surface area contributed by atoms with Crippen LogP contribution in [0.1, 0.15) is 34.0 Å². The highest BCUT2D eigenvalue weighted by Gasteiger charge is 2.31. The van der Waals surface area contributed by atoms with Gasteiger partial charge in [0.2, 0.25) is 0 Å². The summed E-state index contributed by atoms with van der Waals surface area (Å²) >= 11 is 0. The predicted octanol–water partition coefficient (Wildman–Crippen LogP) is 3.89. The molecule has 2 heteroatoms. The van der Waals surface area contributed by atoms with Gasteiger partial charge in [0.1, 0.15) is 0 Å². The predicted molar refractivity (Wildman–Crippen MR) is 82.3 cm³/mol. The number of nitrogens with zero attached hydrogens (tertiary/aromatic N) is 1. The summed E-state index contributed by atoms with van der Waals surface area (Å²) in [4.78, 5) is 14.7. The Morgan fingerprint density at radius 2 is 1.85 bits per heavy atom. The average molecular weight is 265 g/mol. The Balaban J connectivity index is 2.00. The molecule has 0 saturated carbocycles. The highest BCUT2D eigenvalue weighted by Crippen LogP contribution is 2.33. The van der Waals surface area contributed by atoms with Crippen molar-refractivity contribution in [2.75, 3.05) is 4.90 Å². The molecule has 0 unspecified atom stereocenters. The van der Waals surface area contributed by atoms with E-state index in [9.17, 15) is 4.79 Å². The number of carbonyl (C=O) groups excluding carboxylic acids is 1. The minimum atomic E-state index is 0.102. The summed E-state index contributed by atoms with van der Waals surface area (Å²) in [6.45, 7) is 6.23. The number of benzene rings is 2. The number of para-hydroxylation sites is 1. The molecule has 1 amide bonds. The maximum Gasteiger partial charge on any atom is 0.258 e. The molecule has 20 heavy (non-hydrogen) atoms. The van der Waals surface area contributed by atoms with Crippen LogP contribution in [-0.2, 0) is 6.42 Å². The van der Waals surface area contributed by atoms with Gasteiger partial charge in [-0.05, 0) is 62.1 Å². The van der Waals surface area contributed by atoms with Crippen LogP contribution in [0.4, 0.5) is 5.69 Å². The van der Waals surface area contributed by atoms with E-state index in [1.54, 1.807) is 0 Å². The van der Waals surface area contributed by atoms with E-state index in [0.29, 0.717) is 0 Å². The third kappa shape index (κ3) is 2.01. The fourth-order valence-electron chi connectivity index (χ4n) is 2.89. The lowest BCUT2D eigenvalue weighted by Crippen LogP contribution is -2.35. The van der Waals surface area contributed by atoms with Crippen LogP contribution in [0.2, 0.25) is 0 Å². The minimum Gasteiger partial charge on any atom is -0.305 e. The Labute approximate surface area is 120 Å². The molecule has 0 radical (unpaired) electrons. The second-order valence-electron chi connectivity index (χ2n) is 5.66. The number of hydrogen-bond donors (Lipinski definition) is 0. The first-order valence-electron chi connectivity index (χ1n) is 7.06. The van der Waals surface area contributed by atoms with Crippen LogP contribution in [0.25, 0.3) is 0 Å². The van der Waals surface area contributed by atoms with Crippen LogP contribution in [-0.4, -0.2) is 11.9 Å². The number of rotatable bonds is 1. The molecule has 1 heterocycles. The number of carbonyl (C=O) groups is 1. The van der Waals surface area contributed by atoms with Gasteiger partial charge in [-0.3, -0.25) is 4.79 Å². The van der Waals surface area contributed by atoms with Gasteiger partial charge in [0.15, 0.2) is 0 Å². The van der Waals surface area contributed by atoms with E-state index in [1.165, 1.54) is 11.1 Å². The fraction of sp³-hybridized carbons (Fsp3) is 0.278. The SMILES string of the molecule is Cc1ccc(C(=O)N2c3ccccc3C[C@@H]2C)cc1C. The van der Waals surface area contributed by atoms with E-state index in [1.807, 2.05) is 48.2 Å². The van der Waals surface area contributed by atoms with Gasteiger partial charge in [0.05, 0.1) is 0 Å². The molecule has 2 nitrogen and oxygen atoms in total. The Bertz CT molecular complexity index is 675. The van der Waals surface area contributed by atoms with Crippen LogP contribution in [0.5, 0.6) is 0 Å². The van der Waals surface area contributed by atoms with Crippen LogP contribution >= 0.6 is 0 Å². The van der Waals surface area contributed by atoms with Crippen molar-refractivity contribution in [3.05, 3.63) is 64.7 Å². The van der Waals surface area contributed by atoms with E-state index in [-0.39, 0.29) is 11.9 Å². The van der Waals surface area contributed by atoms with Gasteiger partial charge < -0.3 is 4.90 Å². The monoisotopic (exact) mass is 265 g/mol. The Hall–Kier alpha value is -2.09. The van der Waals surface area contributed by atoms with Crippen LogP contribution in [0.3, 0.4) is 0 Å². The topological polar surface area (TPSA) is 20.3 Å². The lowest BCUT2D eigenvalue weighted by molar-refractivity contribution is 0.0981. The van der Waals surface area contributed by atoms with Crippen molar-refractivity contribution in [2.45, 2.75) is 33.2 Å². The van der Waals surface area contributed by atoms with Crippen molar-refractivity contribution < 1.29 is 4.79 Å². The van der Waals surface area contributed by atoms with Gasteiger partial charge in [-0.1, -0.05) is 24.3 Å². The van der Waals surface area contributed by atoms with E-state index >= 15 is 0 Å². The molecule has 3 rings (SSSR count). The van der Waals surface area contributed by atoms with Crippen molar-refractivity contribution in [3.8, 4) is 0 Å². The zero-order valence-corrected chi connectivity index (χ0v) is 12.2. The van der Waals surface area contributed by atoms with Crippen LogP contribution < -0.4 is 4.90 Å². The first-order chi connectivity index (χ1) is 9.58. The number of fused-ring (bicyclic) bond motifs is 1. The lowest BCUT2D eigenvalue weighted by Gasteiger charge is -2.23. The summed E-state index contributed by atoms with van der Waals surface area (Å²) < 4.78 is 0. The maximum atomic E-state index is 12.8. The average Bonchev–Trinajstić information content (AvgIpc) is 2.77. The second kappa shape index (κ2) is 4.78. The van der Waals surface area contributed by atoms with Gasteiger partial charge >= 0.3 is 0 Å². The molecule has 0 aromatic heterocycles. The summed E-state index contributed by atoms with van der Waals surface area (Å²) in [5, 5.41) is 0. The fourth-order valence-corrected chi connectivity index (χ4v) is 2.89. The van der Waals surface area contributed by atoms with Crippen molar-refractivity contribution in [1.29, 1.82) is 0 Å². The molecule has 2 aromatic carbocycles. The molecular weight excluding hydrogens is 246 g/mol. The molecule has 0 saturated heterocycles. The summed E-state index contributed by atoms with van der Waals surface area (Å²) in [6.07, 6.45) is 0.937. The summed E-state index contributed by atoms with van der Waals surface area (Å²) in [5.41, 5.74) is 5.48. The van der Waals surface area contributed by atoms with Crippen LogP contribution in [0.15, 0.2) is 42.5 Å². The largest absolute Gasteiger partial charge is 0.305 e. The molecule has 0 bridgehead atoms. The van der Waals surface area contributed by atoms with E-state index in [2.05, 4.69) is 19.9 Å². The van der Waals surface area contributed by atoms with Gasteiger partial charge in [-0.15, -0.1) is 0 Å². The van der Waals surface area contributed by atoms with E-state index in [0.717, 1.165) is 23.2 Å². The third-order valence-corrected chi connectivity index (χ3v) is 4.18. The summed E-state index contributed by atoms with van der Waals surface area (Å²) in [5.74, 6) is 0.102. The third-order valence-electron chi connectivity index (χ3n) is 4.18. The zero-order valence-electron chi connectivity index (χ0n) is 12.2. The molecule has 2 aromatic rings. The summed E-state index contributed by atoms with van der Waals surface area (Å²) in [7, 11) is 0. The van der Waals surface area contributed by atoms with Gasteiger partial charge in [0, 0.05) is 17.3 Å². The van der Waals surface area contributed by atoms with Gasteiger partial charge in [-0.25, -0.2) is 0 Å². The first kappa shape index (κ1) is 12.9. The van der Waals surface area contributed by atoms with Crippen LogP contribution in [0, 0.1) is 13.8 Å². The minimum absolute atomic E-state index is 0.102. The molecular formula is C18H19NO. The molecule has 102 valence electrons. The smallest absolute Gasteiger partial charge is 0.258 e. The van der Waals surface area contributed by atoms with E-state index < -0.39 is 0 Å². The molecule has 0 aliphatic carbocycles. The van der Waals surface area contributed by atoms with Gasteiger partial charge in [-0.2, -0.15) is 0 Å². The quantitative estimate of drug-likeness (QED) is 0.766.